The number of hydrogen-bond acceptors (Lipinski definition) is 3. The van der Waals surface area contributed by atoms with Crippen molar-refractivity contribution in [2.75, 3.05) is 47.5 Å². The number of aliphatic hydroxyl groups is 1. The molecule has 4 heteroatoms. The molecule has 0 aromatic carbocycles. The van der Waals surface area contributed by atoms with Gasteiger partial charge in [0.1, 0.15) is 6.54 Å². The Morgan fingerprint density at radius 3 is 2.09 bits per heavy atom. The van der Waals surface area contributed by atoms with Crippen molar-refractivity contribution >= 4 is 0 Å². The van der Waals surface area contributed by atoms with Crippen molar-refractivity contribution in [2.24, 2.45) is 0 Å². The molecule has 0 radical (unpaired) electrons. The van der Waals surface area contributed by atoms with E-state index in [-0.39, 0.29) is 12.1 Å². The molecule has 0 amide bonds. The van der Waals surface area contributed by atoms with Crippen molar-refractivity contribution in [3.05, 3.63) is 0 Å². The fraction of sp³-hybridized carbons (Fsp3) is 1.00. The topological polar surface area (TPSA) is 59.5 Å². The van der Waals surface area contributed by atoms with Crippen LogP contribution in [0.2, 0.25) is 0 Å². The summed E-state index contributed by atoms with van der Waals surface area (Å²) < 4.78 is 6.00. The number of quaternary nitrogens is 1. The van der Waals surface area contributed by atoms with Crippen LogP contribution in [-0.4, -0.2) is 62.6 Å². The first-order chi connectivity index (χ1) is 4.56. The van der Waals surface area contributed by atoms with E-state index in [1.54, 1.807) is 0 Å². The van der Waals surface area contributed by atoms with Gasteiger partial charge in [0.2, 0.25) is 0 Å². The molecule has 0 saturated heterocycles. The van der Waals surface area contributed by atoms with Gasteiger partial charge >= 0.3 is 0 Å². The summed E-state index contributed by atoms with van der Waals surface area (Å²) in [5.41, 5.74) is 0. The molecule has 0 aromatic heterocycles. The Bertz CT molecular complexity index is 80.2. The van der Waals surface area contributed by atoms with E-state index < -0.39 is 0 Å². The zero-order chi connectivity index (χ0) is 8.04. The summed E-state index contributed by atoms with van der Waals surface area (Å²) in [6.45, 7) is 2.29. The average molecular weight is 165 g/mol. The Morgan fingerprint density at radius 1 is 1.18 bits per heavy atom. The van der Waals surface area contributed by atoms with Gasteiger partial charge in [-0.15, -0.1) is 0 Å². The molecule has 0 fully saturated rings. The number of rotatable bonds is 5. The van der Waals surface area contributed by atoms with Crippen molar-refractivity contribution in [3.63, 3.8) is 0 Å². The molecule has 0 bridgehead atoms. The van der Waals surface area contributed by atoms with Gasteiger partial charge in [-0.1, -0.05) is 0 Å². The molecule has 70 valence electrons. The Morgan fingerprint density at radius 2 is 1.73 bits per heavy atom. The van der Waals surface area contributed by atoms with Crippen LogP contribution in [0, 0.1) is 0 Å². The fourth-order valence-electron chi connectivity index (χ4n) is 0.505. The third kappa shape index (κ3) is 12.9. The number of likely N-dealkylation sites (N-methyl/N-ethyl adjacent to an activating group) is 1. The zero-order valence-electron chi connectivity index (χ0n) is 7.58. The molecule has 0 aliphatic carbocycles. The predicted molar refractivity (Wildman–Crippen MR) is 42.7 cm³/mol. The van der Waals surface area contributed by atoms with Crippen LogP contribution in [0.3, 0.4) is 0 Å². The van der Waals surface area contributed by atoms with Gasteiger partial charge < -0.3 is 19.8 Å². The summed E-state index contributed by atoms with van der Waals surface area (Å²) in [7, 11) is 6.34. The van der Waals surface area contributed by atoms with Crippen molar-refractivity contribution in [3.8, 4) is 0 Å². The van der Waals surface area contributed by atoms with Crippen LogP contribution in [0.25, 0.3) is 0 Å². The van der Waals surface area contributed by atoms with Gasteiger partial charge in [-0.2, -0.15) is 0 Å². The molecule has 0 spiro atoms. The van der Waals surface area contributed by atoms with E-state index in [0.717, 1.165) is 17.6 Å². The summed E-state index contributed by atoms with van der Waals surface area (Å²) in [5.74, 6) is 0. The normalized spacial score (nSPS) is 10.9. The molecule has 2 N–H and O–H groups in total. The van der Waals surface area contributed by atoms with Crippen LogP contribution in [0.1, 0.15) is 0 Å². The first-order valence-corrected chi connectivity index (χ1v) is 3.55. The van der Waals surface area contributed by atoms with E-state index in [9.17, 15) is 0 Å². The number of nitrogens with zero attached hydrogens (tertiary/aromatic N) is 1. The maximum absolute atomic E-state index is 8.37. The number of hydrogen-bond donors (Lipinski definition) is 1. The third-order valence-corrected chi connectivity index (χ3v) is 1.14. The van der Waals surface area contributed by atoms with E-state index >= 15 is 0 Å². The SMILES string of the molecule is C[N+](C)(C)CCOCCO.[OH-]. The van der Waals surface area contributed by atoms with Crippen molar-refractivity contribution < 1.29 is 19.8 Å². The van der Waals surface area contributed by atoms with E-state index in [0.29, 0.717) is 6.61 Å². The zero-order valence-corrected chi connectivity index (χ0v) is 7.58. The maximum atomic E-state index is 8.37. The summed E-state index contributed by atoms with van der Waals surface area (Å²) >= 11 is 0. The van der Waals surface area contributed by atoms with E-state index in [1.165, 1.54) is 0 Å². The molecule has 0 unspecified atom stereocenters. The second-order valence-electron chi connectivity index (χ2n) is 3.35. The van der Waals surface area contributed by atoms with Crippen LogP contribution in [0.5, 0.6) is 0 Å². The Kier molecular flexibility index (Phi) is 7.99. The van der Waals surface area contributed by atoms with E-state index in [4.69, 9.17) is 9.84 Å². The molecule has 0 aliphatic rings. The Balaban J connectivity index is 0. The van der Waals surface area contributed by atoms with Gasteiger partial charge in [-0.05, 0) is 0 Å². The van der Waals surface area contributed by atoms with Gasteiger partial charge in [0.25, 0.3) is 0 Å². The largest absolute Gasteiger partial charge is 0.870 e. The van der Waals surface area contributed by atoms with Crippen LogP contribution < -0.4 is 0 Å². The Hall–Kier alpha value is -0.160. The fourth-order valence-corrected chi connectivity index (χ4v) is 0.505. The highest BCUT2D eigenvalue weighted by Crippen LogP contribution is 1.88. The predicted octanol–water partition coefficient (Wildman–Crippen LogP) is -0.475. The second-order valence-corrected chi connectivity index (χ2v) is 3.35. The molecule has 0 rings (SSSR count). The highest BCUT2D eigenvalue weighted by Gasteiger charge is 2.04. The smallest absolute Gasteiger partial charge is 0.102 e. The molecular formula is C7H19NO3. The quantitative estimate of drug-likeness (QED) is 0.442. The monoisotopic (exact) mass is 165 g/mol. The lowest BCUT2D eigenvalue weighted by atomic mass is 10.5. The standard InChI is InChI=1S/C7H18NO2.H2O/c1-8(2,3)4-6-10-7-5-9;/h9H,4-7H2,1-3H3;1H2/q+1;/p-1. The number of ether oxygens (including phenoxy) is 1. The molecular weight excluding hydrogens is 146 g/mol. The van der Waals surface area contributed by atoms with Gasteiger partial charge in [0.05, 0.1) is 41.0 Å². The molecule has 0 aliphatic heterocycles. The molecule has 4 nitrogen and oxygen atoms in total. The van der Waals surface area contributed by atoms with E-state index in [1.807, 2.05) is 0 Å². The highest BCUT2D eigenvalue weighted by molar-refractivity contribution is 4.28. The third-order valence-electron chi connectivity index (χ3n) is 1.14. The Labute approximate surface area is 68.3 Å². The highest BCUT2D eigenvalue weighted by atomic mass is 16.5. The van der Waals surface area contributed by atoms with Gasteiger partial charge in [-0.25, -0.2) is 0 Å². The maximum Gasteiger partial charge on any atom is 0.102 e. The summed E-state index contributed by atoms with van der Waals surface area (Å²) in [5, 5.41) is 8.37. The summed E-state index contributed by atoms with van der Waals surface area (Å²) in [6.07, 6.45) is 0. The minimum Gasteiger partial charge on any atom is -0.870 e. The molecule has 0 aromatic rings. The average Bonchev–Trinajstić information content (AvgIpc) is 1.78. The second kappa shape index (κ2) is 6.54. The lowest BCUT2D eigenvalue weighted by molar-refractivity contribution is -0.870. The molecule has 0 heterocycles. The van der Waals surface area contributed by atoms with E-state index in [2.05, 4.69) is 21.1 Å². The van der Waals surface area contributed by atoms with Gasteiger partial charge in [0, 0.05) is 0 Å². The van der Waals surface area contributed by atoms with Crippen molar-refractivity contribution in [1.82, 2.24) is 0 Å². The first-order valence-electron chi connectivity index (χ1n) is 3.55. The molecule has 11 heavy (non-hydrogen) atoms. The lowest BCUT2D eigenvalue weighted by Gasteiger charge is -2.23. The van der Waals surface area contributed by atoms with Gasteiger partial charge in [0.15, 0.2) is 0 Å². The van der Waals surface area contributed by atoms with Crippen LogP contribution in [0.15, 0.2) is 0 Å². The van der Waals surface area contributed by atoms with Crippen LogP contribution in [0.4, 0.5) is 0 Å². The molecule has 0 saturated carbocycles. The minimum atomic E-state index is 0. The first kappa shape index (κ1) is 13.4. The molecule has 0 atom stereocenters. The van der Waals surface area contributed by atoms with Crippen molar-refractivity contribution in [1.29, 1.82) is 0 Å². The summed E-state index contributed by atoms with van der Waals surface area (Å²) in [6, 6.07) is 0. The minimum absolute atomic E-state index is 0. The van der Waals surface area contributed by atoms with Crippen molar-refractivity contribution in [2.45, 2.75) is 0 Å². The van der Waals surface area contributed by atoms with Gasteiger partial charge in [-0.3, -0.25) is 0 Å². The lowest BCUT2D eigenvalue weighted by Crippen LogP contribution is -2.37. The van der Waals surface area contributed by atoms with Crippen LogP contribution >= 0.6 is 0 Å². The summed E-state index contributed by atoms with van der Waals surface area (Å²) in [4.78, 5) is 0. The van der Waals surface area contributed by atoms with Crippen LogP contribution in [-0.2, 0) is 4.74 Å². The number of aliphatic hydroxyl groups excluding tert-OH is 1.